The van der Waals surface area contributed by atoms with Gasteiger partial charge in [-0.15, -0.1) is 12.4 Å². The molecular formula is C18H25ClN2O3. The summed E-state index contributed by atoms with van der Waals surface area (Å²) in [5, 5.41) is 7.25. The number of hydrogen-bond acceptors (Lipinski definition) is 4. The highest BCUT2D eigenvalue weighted by molar-refractivity contribution is 5.85. The van der Waals surface area contributed by atoms with Gasteiger partial charge in [0.2, 0.25) is 5.91 Å². The molecule has 0 aliphatic carbocycles. The zero-order valence-corrected chi connectivity index (χ0v) is 15.1. The number of ether oxygens (including phenoxy) is 1. The molecule has 0 radical (unpaired) electrons. The molecule has 5 nitrogen and oxygen atoms in total. The van der Waals surface area contributed by atoms with Crippen molar-refractivity contribution in [3.8, 4) is 5.75 Å². The first kappa shape index (κ1) is 18.6. The molecule has 2 N–H and O–H groups in total. The van der Waals surface area contributed by atoms with Crippen LogP contribution in [0.3, 0.4) is 0 Å². The van der Waals surface area contributed by atoms with E-state index in [4.69, 9.17) is 9.15 Å². The number of para-hydroxylation sites is 1. The van der Waals surface area contributed by atoms with Crippen LogP contribution in [-0.4, -0.2) is 25.6 Å². The van der Waals surface area contributed by atoms with Gasteiger partial charge in [0.05, 0.1) is 12.6 Å². The minimum Gasteiger partial charge on any atom is -0.490 e. The van der Waals surface area contributed by atoms with Gasteiger partial charge >= 0.3 is 0 Å². The zero-order chi connectivity index (χ0) is 16.4. The summed E-state index contributed by atoms with van der Waals surface area (Å²) in [4.78, 5) is 12.3. The van der Waals surface area contributed by atoms with Gasteiger partial charge in [0, 0.05) is 11.3 Å². The van der Waals surface area contributed by atoms with E-state index in [1.165, 1.54) is 0 Å². The van der Waals surface area contributed by atoms with E-state index < -0.39 is 0 Å². The number of nitrogens with one attached hydrogen (secondary N) is 2. The lowest BCUT2D eigenvalue weighted by Crippen LogP contribution is -2.49. The highest BCUT2D eigenvalue weighted by atomic mass is 35.5. The van der Waals surface area contributed by atoms with Crippen LogP contribution in [0.25, 0.3) is 11.0 Å². The van der Waals surface area contributed by atoms with Crippen molar-refractivity contribution in [1.29, 1.82) is 0 Å². The van der Waals surface area contributed by atoms with Crippen molar-refractivity contribution in [2.75, 3.05) is 19.7 Å². The Morgan fingerprint density at radius 2 is 2.17 bits per heavy atom. The third kappa shape index (κ3) is 3.68. The van der Waals surface area contributed by atoms with Gasteiger partial charge in [0.15, 0.2) is 11.3 Å². The number of benzene rings is 1. The van der Waals surface area contributed by atoms with Crippen molar-refractivity contribution in [2.45, 2.75) is 26.8 Å². The second-order valence-electron chi connectivity index (χ2n) is 6.19. The smallest absolute Gasteiger partial charge is 0.223 e. The molecule has 1 amide bonds. The fourth-order valence-corrected chi connectivity index (χ4v) is 2.83. The molecule has 24 heavy (non-hydrogen) atoms. The summed E-state index contributed by atoms with van der Waals surface area (Å²) >= 11 is 0. The number of hydrogen-bond donors (Lipinski definition) is 2. The number of furan rings is 1. The van der Waals surface area contributed by atoms with Crippen LogP contribution in [0.15, 0.2) is 28.7 Å². The lowest BCUT2D eigenvalue weighted by molar-refractivity contribution is -0.127. The molecule has 2 unspecified atom stereocenters. The van der Waals surface area contributed by atoms with Crippen LogP contribution in [-0.2, 0) is 4.79 Å². The number of carbonyl (C=O) groups excluding carboxylic acids is 1. The zero-order valence-electron chi connectivity index (χ0n) is 14.3. The molecule has 1 aromatic heterocycles. The van der Waals surface area contributed by atoms with E-state index in [1.807, 2.05) is 45.0 Å². The number of halogens is 1. The van der Waals surface area contributed by atoms with Gasteiger partial charge in [-0.05, 0) is 45.0 Å². The first-order valence-electron chi connectivity index (χ1n) is 8.26. The van der Waals surface area contributed by atoms with E-state index in [2.05, 4.69) is 10.6 Å². The summed E-state index contributed by atoms with van der Waals surface area (Å²) in [5.41, 5.74) is 0.738. The number of amides is 1. The molecule has 132 valence electrons. The highest BCUT2D eigenvalue weighted by Gasteiger charge is 2.29. The summed E-state index contributed by atoms with van der Waals surface area (Å²) in [6.45, 7) is 8.31. The van der Waals surface area contributed by atoms with Gasteiger partial charge < -0.3 is 19.8 Å². The summed E-state index contributed by atoms with van der Waals surface area (Å²) in [6.07, 6.45) is 0. The maximum Gasteiger partial charge on any atom is 0.223 e. The standard InChI is InChI=1S/C18H24N2O3.ClH/c1-4-22-15-7-5-6-13-8-16(23-17(13)15)12(3)20-18(21)11(2)14-9-19-10-14;/h5-8,11-12,14,19H,4,9-10H2,1-3H3,(H,20,21);1H. The Morgan fingerprint density at radius 3 is 2.79 bits per heavy atom. The highest BCUT2D eigenvalue weighted by Crippen LogP contribution is 2.31. The maximum absolute atomic E-state index is 12.3. The molecule has 6 heteroatoms. The molecule has 1 saturated heterocycles. The fraction of sp³-hybridized carbons (Fsp3) is 0.500. The van der Waals surface area contributed by atoms with Crippen molar-refractivity contribution in [3.05, 3.63) is 30.0 Å². The normalized spacial score (nSPS) is 16.8. The summed E-state index contributed by atoms with van der Waals surface area (Å²) in [5.74, 6) is 2.02. The lowest BCUT2D eigenvalue weighted by atomic mass is 9.88. The molecule has 1 aromatic carbocycles. The van der Waals surface area contributed by atoms with E-state index in [1.54, 1.807) is 0 Å². The minimum atomic E-state index is -0.167. The monoisotopic (exact) mass is 352 g/mol. The lowest BCUT2D eigenvalue weighted by Gasteiger charge is -2.32. The quantitative estimate of drug-likeness (QED) is 0.837. The summed E-state index contributed by atoms with van der Waals surface area (Å²) in [6, 6.07) is 7.63. The second kappa shape index (κ2) is 7.90. The number of fused-ring (bicyclic) bond motifs is 1. The van der Waals surface area contributed by atoms with E-state index in [0.717, 1.165) is 35.6 Å². The third-order valence-electron chi connectivity index (χ3n) is 4.55. The van der Waals surface area contributed by atoms with Gasteiger partial charge in [-0.25, -0.2) is 0 Å². The molecule has 0 spiro atoms. The van der Waals surface area contributed by atoms with E-state index in [0.29, 0.717) is 12.5 Å². The van der Waals surface area contributed by atoms with Crippen molar-refractivity contribution >= 4 is 29.3 Å². The average Bonchev–Trinajstić information content (AvgIpc) is 2.91. The van der Waals surface area contributed by atoms with Crippen LogP contribution in [0.1, 0.15) is 32.6 Å². The van der Waals surface area contributed by atoms with Gasteiger partial charge in [-0.1, -0.05) is 19.1 Å². The Kier molecular flexibility index (Phi) is 6.13. The van der Waals surface area contributed by atoms with E-state index >= 15 is 0 Å². The van der Waals surface area contributed by atoms with Crippen molar-refractivity contribution in [1.82, 2.24) is 10.6 Å². The largest absolute Gasteiger partial charge is 0.490 e. The average molecular weight is 353 g/mol. The first-order chi connectivity index (χ1) is 11.1. The van der Waals surface area contributed by atoms with Crippen molar-refractivity contribution < 1.29 is 13.9 Å². The van der Waals surface area contributed by atoms with Crippen LogP contribution in [0, 0.1) is 11.8 Å². The molecule has 1 aliphatic heterocycles. The van der Waals surface area contributed by atoms with Crippen LogP contribution in [0.2, 0.25) is 0 Å². The van der Waals surface area contributed by atoms with Gasteiger partial charge in [0.1, 0.15) is 5.76 Å². The SMILES string of the molecule is CCOc1cccc2cc(C(C)NC(=O)C(C)C3CNC3)oc12.Cl. The number of rotatable bonds is 6. The topological polar surface area (TPSA) is 63.5 Å². The second-order valence-corrected chi connectivity index (χ2v) is 6.19. The molecule has 2 heterocycles. The first-order valence-corrected chi connectivity index (χ1v) is 8.26. The Bertz CT molecular complexity index is 697. The number of carbonyl (C=O) groups is 1. The molecule has 1 aliphatic rings. The van der Waals surface area contributed by atoms with E-state index in [9.17, 15) is 4.79 Å². The van der Waals surface area contributed by atoms with Crippen LogP contribution >= 0.6 is 12.4 Å². The molecule has 3 rings (SSSR count). The Labute approximate surface area is 148 Å². The maximum atomic E-state index is 12.3. The minimum absolute atomic E-state index is 0. The van der Waals surface area contributed by atoms with Crippen molar-refractivity contribution in [3.63, 3.8) is 0 Å². The molecular weight excluding hydrogens is 328 g/mol. The van der Waals surface area contributed by atoms with Gasteiger partial charge in [0.25, 0.3) is 0 Å². The molecule has 2 aromatic rings. The molecule has 1 fully saturated rings. The van der Waals surface area contributed by atoms with Gasteiger partial charge in [-0.3, -0.25) is 4.79 Å². The Balaban J connectivity index is 0.00000208. The van der Waals surface area contributed by atoms with Crippen molar-refractivity contribution in [2.24, 2.45) is 11.8 Å². The van der Waals surface area contributed by atoms with Crippen LogP contribution < -0.4 is 15.4 Å². The molecule has 2 atom stereocenters. The molecule has 0 saturated carbocycles. The predicted molar refractivity (Wildman–Crippen MR) is 96.7 cm³/mol. The van der Waals surface area contributed by atoms with Gasteiger partial charge in [-0.2, -0.15) is 0 Å². The summed E-state index contributed by atoms with van der Waals surface area (Å²) < 4.78 is 11.5. The third-order valence-corrected chi connectivity index (χ3v) is 4.55. The predicted octanol–water partition coefficient (Wildman–Crippen LogP) is 3.29. The van der Waals surface area contributed by atoms with Crippen LogP contribution in [0.5, 0.6) is 5.75 Å². The Hall–Kier alpha value is -1.72. The molecule has 0 bridgehead atoms. The van der Waals surface area contributed by atoms with Crippen LogP contribution in [0.4, 0.5) is 0 Å². The Morgan fingerprint density at radius 1 is 1.42 bits per heavy atom. The summed E-state index contributed by atoms with van der Waals surface area (Å²) in [7, 11) is 0. The fourth-order valence-electron chi connectivity index (χ4n) is 2.83. The van der Waals surface area contributed by atoms with E-state index in [-0.39, 0.29) is 30.3 Å².